The molecule has 2 atom stereocenters. The van der Waals surface area contributed by atoms with Gasteiger partial charge in [0.2, 0.25) is 0 Å². The summed E-state index contributed by atoms with van der Waals surface area (Å²) in [5.74, 6) is -0.103. The van der Waals surface area contributed by atoms with Crippen LogP contribution in [0.4, 0.5) is 4.39 Å². The molecule has 2 aromatic carbocycles. The van der Waals surface area contributed by atoms with Crippen molar-refractivity contribution in [2.75, 3.05) is 7.05 Å². The van der Waals surface area contributed by atoms with Crippen LogP contribution in [0, 0.1) is 5.82 Å². The highest BCUT2D eigenvalue weighted by Gasteiger charge is 2.31. The Kier molecular flexibility index (Phi) is 4.12. The molecule has 0 saturated heterocycles. The van der Waals surface area contributed by atoms with Gasteiger partial charge in [0.05, 0.1) is 0 Å². The van der Waals surface area contributed by atoms with Crippen LogP contribution in [0.15, 0.2) is 48.5 Å². The molecule has 3 heteroatoms. The zero-order chi connectivity index (χ0) is 17.6. The molecule has 25 heavy (non-hydrogen) atoms. The zero-order valence-electron chi connectivity index (χ0n) is 15.2. The molecule has 0 amide bonds. The molecule has 0 fully saturated rings. The molecule has 1 aliphatic heterocycles. The quantitative estimate of drug-likeness (QED) is 0.656. The molecule has 2 heterocycles. The average molecular weight is 336 g/mol. The van der Waals surface area contributed by atoms with Crippen molar-refractivity contribution in [1.29, 1.82) is 0 Å². The van der Waals surface area contributed by atoms with Crippen molar-refractivity contribution in [2.45, 2.75) is 45.3 Å². The summed E-state index contributed by atoms with van der Waals surface area (Å²) in [4.78, 5) is 2.45. The van der Waals surface area contributed by atoms with E-state index in [-0.39, 0.29) is 5.82 Å². The third kappa shape index (κ3) is 2.67. The topological polar surface area (TPSA) is 8.17 Å². The highest BCUT2D eigenvalue weighted by molar-refractivity contribution is 5.86. The van der Waals surface area contributed by atoms with Crippen molar-refractivity contribution in [3.63, 3.8) is 0 Å². The van der Waals surface area contributed by atoms with Crippen LogP contribution in [0.5, 0.6) is 0 Å². The van der Waals surface area contributed by atoms with Gasteiger partial charge in [-0.1, -0.05) is 36.4 Å². The van der Waals surface area contributed by atoms with Crippen molar-refractivity contribution >= 4 is 10.9 Å². The first kappa shape index (κ1) is 16.3. The van der Waals surface area contributed by atoms with E-state index in [9.17, 15) is 4.39 Å². The van der Waals surface area contributed by atoms with Gasteiger partial charge in [-0.3, -0.25) is 4.90 Å². The van der Waals surface area contributed by atoms with Crippen LogP contribution in [0.3, 0.4) is 0 Å². The van der Waals surface area contributed by atoms with Crippen molar-refractivity contribution < 1.29 is 4.39 Å². The normalized spacial score (nSPS) is 20.8. The number of fused-ring (bicyclic) bond motifs is 3. The van der Waals surface area contributed by atoms with E-state index in [1.165, 1.54) is 22.2 Å². The van der Waals surface area contributed by atoms with Gasteiger partial charge in [0.15, 0.2) is 0 Å². The molecule has 2 unspecified atom stereocenters. The second-order valence-corrected chi connectivity index (χ2v) is 7.27. The first-order valence-electron chi connectivity index (χ1n) is 9.13. The summed E-state index contributed by atoms with van der Waals surface area (Å²) in [6.45, 7) is 5.40. The zero-order valence-corrected chi connectivity index (χ0v) is 15.2. The summed E-state index contributed by atoms with van der Waals surface area (Å²) in [6.07, 6.45) is 1.76. The van der Waals surface area contributed by atoms with Crippen LogP contribution >= 0.6 is 0 Å². The molecule has 0 bridgehead atoms. The standard InChI is InChI=1S/C22H25FN2/c1-15-14-21-22(16(2)24(15)3)18-9-5-7-11-20(18)25(21)13-12-17-8-4-6-10-19(17)23/h4-11,15-16H,12-14H2,1-3H3. The largest absolute Gasteiger partial charge is 0.344 e. The van der Waals surface area contributed by atoms with Gasteiger partial charge in [0.25, 0.3) is 0 Å². The predicted octanol–water partition coefficient (Wildman–Crippen LogP) is 4.96. The van der Waals surface area contributed by atoms with Crippen molar-refractivity contribution in [2.24, 2.45) is 0 Å². The lowest BCUT2D eigenvalue weighted by Crippen LogP contribution is -2.38. The fourth-order valence-electron chi connectivity index (χ4n) is 4.27. The summed E-state index contributed by atoms with van der Waals surface area (Å²) < 4.78 is 16.5. The number of benzene rings is 2. The minimum atomic E-state index is -0.103. The third-order valence-corrected chi connectivity index (χ3v) is 5.90. The summed E-state index contributed by atoms with van der Waals surface area (Å²) in [5, 5.41) is 1.34. The Hall–Kier alpha value is -2.13. The van der Waals surface area contributed by atoms with E-state index in [0.29, 0.717) is 12.1 Å². The highest BCUT2D eigenvalue weighted by Crippen LogP contribution is 2.39. The number of likely N-dealkylation sites (N-methyl/N-ethyl adjacent to an activating group) is 1. The van der Waals surface area contributed by atoms with Crippen LogP contribution < -0.4 is 0 Å². The molecular formula is C22H25FN2. The first-order chi connectivity index (χ1) is 12.1. The molecular weight excluding hydrogens is 311 g/mol. The Morgan fingerprint density at radius 2 is 1.76 bits per heavy atom. The Bertz CT molecular complexity index is 912. The lowest BCUT2D eigenvalue weighted by atomic mass is 9.93. The number of halogens is 1. The van der Waals surface area contributed by atoms with Crippen molar-refractivity contribution in [1.82, 2.24) is 9.47 Å². The Morgan fingerprint density at radius 1 is 1.04 bits per heavy atom. The number of aryl methyl sites for hydroxylation is 2. The van der Waals surface area contributed by atoms with E-state index in [0.717, 1.165) is 24.9 Å². The van der Waals surface area contributed by atoms with Gasteiger partial charge in [0.1, 0.15) is 5.82 Å². The smallest absolute Gasteiger partial charge is 0.126 e. The summed E-state index contributed by atoms with van der Waals surface area (Å²) in [5.41, 5.74) is 4.95. The monoisotopic (exact) mass is 336 g/mol. The second-order valence-electron chi connectivity index (χ2n) is 7.27. The first-order valence-corrected chi connectivity index (χ1v) is 9.13. The number of nitrogens with zero attached hydrogens (tertiary/aromatic N) is 2. The molecule has 1 aliphatic rings. The lowest BCUT2D eigenvalue weighted by Gasteiger charge is -2.36. The SMILES string of the molecule is CC1Cc2c(c3ccccc3n2CCc2ccccc2F)C(C)N1C. The Morgan fingerprint density at radius 3 is 2.56 bits per heavy atom. The van der Waals surface area contributed by atoms with E-state index in [2.05, 4.69) is 54.6 Å². The lowest BCUT2D eigenvalue weighted by molar-refractivity contribution is 0.177. The molecule has 0 radical (unpaired) electrons. The number of aromatic nitrogens is 1. The molecule has 0 N–H and O–H groups in total. The van der Waals surface area contributed by atoms with Crippen molar-refractivity contribution in [3.8, 4) is 0 Å². The van der Waals surface area contributed by atoms with E-state index in [1.54, 1.807) is 12.1 Å². The van der Waals surface area contributed by atoms with E-state index >= 15 is 0 Å². The fourth-order valence-corrected chi connectivity index (χ4v) is 4.27. The van der Waals surface area contributed by atoms with Crippen molar-refractivity contribution in [3.05, 3.63) is 71.2 Å². The molecule has 130 valence electrons. The summed E-state index contributed by atoms with van der Waals surface area (Å²) in [6, 6.07) is 16.7. The third-order valence-electron chi connectivity index (χ3n) is 5.90. The summed E-state index contributed by atoms with van der Waals surface area (Å²) >= 11 is 0. The van der Waals surface area contributed by atoms with Gasteiger partial charge >= 0.3 is 0 Å². The maximum absolute atomic E-state index is 14.0. The van der Waals surface area contributed by atoms with Gasteiger partial charge in [-0.25, -0.2) is 4.39 Å². The maximum atomic E-state index is 14.0. The molecule has 0 saturated carbocycles. The van der Waals surface area contributed by atoms with Crippen LogP contribution in [-0.2, 0) is 19.4 Å². The Balaban J connectivity index is 1.79. The van der Waals surface area contributed by atoms with Gasteiger partial charge < -0.3 is 4.57 Å². The minimum Gasteiger partial charge on any atom is -0.344 e. The highest BCUT2D eigenvalue weighted by atomic mass is 19.1. The molecule has 4 rings (SSSR count). The van der Waals surface area contributed by atoms with E-state index < -0.39 is 0 Å². The maximum Gasteiger partial charge on any atom is 0.126 e. The van der Waals surface area contributed by atoms with Crippen LogP contribution in [0.25, 0.3) is 10.9 Å². The van der Waals surface area contributed by atoms with E-state index in [4.69, 9.17) is 0 Å². The molecule has 0 aliphatic carbocycles. The minimum absolute atomic E-state index is 0.103. The van der Waals surface area contributed by atoms with Gasteiger partial charge in [-0.05, 0) is 50.6 Å². The molecule has 3 aromatic rings. The second kappa shape index (κ2) is 6.30. The van der Waals surface area contributed by atoms with Gasteiger partial charge in [-0.15, -0.1) is 0 Å². The fraction of sp³-hybridized carbons (Fsp3) is 0.364. The number of rotatable bonds is 3. The van der Waals surface area contributed by atoms with E-state index in [1.807, 2.05) is 12.1 Å². The van der Waals surface area contributed by atoms with Gasteiger partial charge in [0, 0.05) is 41.6 Å². The predicted molar refractivity (Wildman–Crippen MR) is 101 cm³/mol. The number of para-hydroxylation sites is 1. The Labute approximate surface area is 148 Å². The average Bonchev–Trinajstić information content (AvgIpc) is 2.92. The summed E-state index contributed by atoms with van der Waals surface area (Å²) in [7, 11) is 2.21. The van der Waals surface area contributed by atoms with Gasteiger partial charge in [-0.2, -0.15) is 0 Å². The molecule has 2 nitrogen and oxygen atoms in total. The van der Waals surface area contributed by atoms with Crippen LogP contribution in [0.1, 0.15) is 36.7 Å². The van der Waals surface area contributed by atoms with Crippen LogP contribution in [0.2, 0.25) is 0 Å². The molecule has 0 spiro atoms. The molecule has 1 aromatic heterocycles. The number of hydrogen-bond donors (Lipinski definition) is 0. The number of hydrogen-bond acceptors (Lipinski definition) is 1. The van der Waals surface area contributed by atoms with Crippen LogP contribution in [-0.4, -0.2) is 22.6 Å².